The molecule has 0 aromatic carbocycles. The molecule has 0 atom stereocenters. The monoisotopic (exact) mass is 225 g/mol. The third-order valence-corrected chi connectivity index (χ3v) is 3.35. The molecule has 0 aliphatic rings. The molecule has 4 heteroatoms. The molecule has 0 aromatic rings. The van der Waals surface area contributed by atoms with Gasteiger partial charge in [0.25, 0.3) is 0 Å². The summed E-state index contributed by atoms with van der Waals surface area (Å²) < 4.78 is 0. The molecule has 2 nitrogen and oxygen atoms in total. The van der Waals surface area contributed by atoms with Gasteiger partial charge in [-0.1, -0.05) is 24.5 Å². The first-order valence-corrected chi connectivity index (χ1v) is 7.96. The second-order valence-corrected chi connectivity index (χ2v) is 9.63. The lowest BCUT2D eigenvalue weighted by Crippen LogP contribution is -2.29. The summed E-state index contributed by atoms with van der Waals surface area (Å²) in [6, 6.07) is 0. The maximum Gasteiger partial charge on any atom is 0.222 e. The lowest BCUT2D eigenvalue weighted by molar-refractivity contribution is -0.123. The number of amides is 1. The molecule has 13 heavy (non-hydrogen) atoms. The normalized spacial score (nSPS) is 13.1. The van der Waals surface area contributed by atoms with Crippen molar-refractivity contribution in [1.82, 2.24) is 5.32 Å². The SMILES string of the molecule is CC(C)C(=O)NCCCS(C)(C)Cl. The fraction of sp³-hybridized carbons (Fsp3) is 0.889. The second kappa shape index (κ2) is 5.76. The Morgan fingerprint density at radius 1 is 1.46 bits per heavy atom. The Hall–Kier alpha value is 0.110. The molecule has 0 aliphatic carbocycles. The third kappa shape index (κ3) is 8.44. The molecule has 0 radical (unpaired) electrons. The van der Waals surface area contributed by atoms with Gasteiger partial charge in [-0.3, -0.25) is 4.79 Å². The van der Waals surface area contributed by atoms with Gasteiger partial charge in [0.15, 0.2) is 0 Å². The molecule has 0 spiro atoms. The van der Waals surface area contributed by atoms with Crippen LogP contribution in [-0.2, 0) is 4.79 Å². The summed E-state index contributed by atoms with van der Waals surface area (Å²) in [5, 5.41) is 2.87. The van der Waals surface area contributed by atoms with E-state index in [-0.39, 0.29) is 11.8 Å². The summed E-state index contributed by atoms with van der Waals surface area (Å²) in [5.41, 5.74) is 0. The van der Waals surface area contributed by atoms with E-state index in [0.717, 1.165) is 18.7 Å². The van der Waals surface area contributed by atoms with Gasteiger partial charge in [-0.25, -0.2) is 0 Å². The molecule has 0 rings (SSSR count). The lowest BCUT2D eigenvalue weighted by atomic mass is 10.2. The van der Waals surface area contributed by atoms with Gasteiger partial charge in [0.05, 0.1) is 0 Å². The van der Waals surface area contributed by atoms with Crippen LogP contribution in [0.1, 0.15) is 20.3 Å². The van der Waals surface area contributed by atoms with Crippen molar-refractivity contribution in [3.63, 3.8) is 0 Å². The molecule has 0 saturated carbocycles. The summed E-state index contributed by atoms with van der Waals surface area (Å²) in [7, 11) is 5.16. The first-order chi connectivity index (χ1) is 5.83. The molecular weight excluding hydrogens is 206 g/mol. The van der Waals surface area contributed by atoms with Gasteiger partial charge in [-0.15, -0.1) is 0 Å². The van der Waals surface area contributed by atoms with E-state index in [9.17, 15) is 4.79 Å². The van der Waals surface area contributed by atoms with E-state index in [4.69, 9.17) is 10.7 Å². The smallest absolute Gasteiger partial charge is 0.222 e. The quantitative estimate of drug-likeness (QED) is 0.716. The van der Waals surface area contributed by atoms with Crippen molar-refractivity contribution in [2.45, 2.75) is 20.3 Å². The van der Waals surface area contributed by atoms with Gasteiger partial charge in [0.1, 0.15) is 0 Å². The molecule has 0 bridgehead atoms. The van der Waals surface area contributed by atoms with E-state index in [2.05, 4.69) is 17.8 Å². The fourth-order valence-electron chi connectivity index (χ4n) is 0.831. The average molecular weight is 226 g/mol. The van der Waals surface area contributed by atoms with E-state index >= 15 is 0 Å². The van der Waals surface area contributed by atoms with E-state index in [1.807, 2.05) is 13.8 Å². The Bertz CT molecular complexity index is 165. The minimum atomic E-state index is -0.921. The zero-order chi connectivity index (χ0) is 10.5. The Labute approximate surface area is 87.2 Å². The zero-order valence-electron chi connectivity index (χ0n) is 8.89. The highest BCUT2D eigenvalue weighted by molar-refractivity contribution is 8.50. The van der Waals surface area contributed by atoms with Crippen LogP contribution in [0.5, 0.6) is 0 Å². The topological polar surface area (TPSA) is 29.1 Å². The Morgan fingerprint density at radius 2 is 2.00 bits per heavy atom. The van der Waals surface area contributed by atoms with E-state index in [1.54, 1.807) is 0 Å². The summed E-state index contributed by atoms with van der Waals surface area (Å²) >= 11 is 0. The van der Waals surface area contributed by atoms with Gasteiger partial charge < -0.3 is 5.32 Å². The maximum atomic E-state index is 11.1. The molecule has 0 unspecified atom stereocenters. The van der Waals surface area contributed by atoms with Crippen molar-refractivity contribution in [2.75, 3.05) is 24.8 Å². The number of hydrogen-bond acceptors (Lipinski definition) is 1. The minimum absolute atomic E-state index is 0.0800. The van der Waals surface area contributed by atoms with Crippen LogP contribution in [0.4, 0.5) is 0 Å². The Balaban J connectivity index is 3.42. The van der Waals surface area contributed by atoms with Crippen molar-refractivity contribution in [2.24, 2.45) is 5.92 Å². The first-order valence-electron chi connectivity index (χ1n) is 4.51. The molecule has 0 heterocycles. The van der Waals surface area contributed by atoms with Crippen molar-refractivity contribution in [3.05, 3.63) is 0 Å². The van der Waals surface area contributed by atoms with Gasteiger partial charge in [-0.2, -0.15) is 9.24 Å². The molecule has 0 aromatic heterocycles. The largest absolute Gasteiger partial charge is 0.356 e. The molecule has 80 valence electrons. The minimum Gasteiger partial charge on any atom is -0.356 e. The predicted molar refractivity (Wildman–Crippen MR) is 62.6 cm³/mol. The first kappa shape index (κ1) is 13.1. The number of rotatable bonds is 5. The van der Waals surface area contributed by atoms with Crippen molar-refractivity contribution < 1.29 is 4.79 Å². The summed E-state index contributed by atoms with van der Waals surface area (Å²) in [6.45, 7) is 4.54. The zero-order valence-corrected chi connectivity index (χ0v) is 10.5. The number of carbonyl (C=O) groups excluding carboxylic acids is 1. The number of nitrogens with one attached hydrogen (secondary N) is 1. The van der Waals surface area contributed by atoms with Crippen molar-refractivity contribution in [3.8, 4) is 0 Å². The van der Waals surface area contributed by atoms with Crippen LogP contribution in [0.3, 0.4) is 0 Å². The number of halogens is 1. The van der Waals surface area contributed by atoms with Crippen molar-refractivity contribution in [1.29, 1.82) is 0 Å². The third-order valence-electron chi connectivity index (χ3n) is 1.63. The van der Waals surface area contributed by atoms with Crippen LogP contribution >= 0.6 is 19.9 Å². The van der Waals surface area contributed by atoms with Gasteiger partial charge in [0.2, 0.25) is 5.91 Å². The Morgan fingerprint density at radius 3 is 2.38 bits per heavy atom. The molecule has 0 fully saturated rings. The summed E-state index contributed by atoms with van der Waals surface area (Å²) in [5.74, 6) is 1.21. The Kier molecular flexibility index (Phi) is 5.81. The van der Waals surface area contributed by atoms with Crippen LogP contribution in [0.25, 0.3) is 0 Å². The molecule has 1 N–H and O–H groups in total. The van der Waals surface area contributed by atoms with E-state index < -0.39 is 9.24 Å². The van der Waals surface area contributed by atoms with Crippen LogP contribution in [0.2, 0.25) is 0 Å². The van der Waals surface area contributed by atoms with Gasteiger partial charge in [0, 0.05) is 12.5 Å². The summed E-state index contributed by atoms with van der Waals surface area (Å²) in [4.78, 5) is 11.1. The molecular formula is C9H20ClNOS. The highest BCUT2D eigenvalue weighted by Gasteiger charge is 2.08. The predicted octanol–water partition coefficient (Wildman–Crippen LogP) is 2.37. The fourth-order valence-corrected chi connectivity index (χ4v) is 1.99. The maximum absolute atomic E-state index is 11.1. The highest BCUT2D eigenvalue weighted by Crippen LogP contribution is 2.45. The van der Waals surface area contributed by atoms with Crippen LogP contribution in [-0.4, -0.2) is 30.7 Å². The molecule has 0 aliphatic heterocycles. The highest BCUT2D eigenvalue weighted by atomic mass is 35.7. The van der Waals surface area contributed by atoms with Crippen molar-refractivity contribution >= 4 is 25.8 Å². The van der Waals surface area contributed by atoms with Crippen LogP contribution < -0.4 is 5.32 Å². The number of carbonyl (C=O) groups is 1. The summed E-state index contributed by atoms with van der Waals surface area (Å²) in [6.07, 6.45) is 5.11. The van der Waals surface area contributed by atoms with Gasteiger partial charge in [-0.05, 0) is 24.7 Å². The molecule has 0 saturated heterocycles. The molecule has 1 amide bonds. The second-order valence-electron chi connectivity index (χ2n) is 3.91. The standard InChI is InChI=1S/C9H20ClNOS/c1-8(2)9(12)11-6-5-7-13(3,4)10/h8H,5-7H2,1-4H3,(H,11,12). The lowest BCUT2D eigenvalue weighted by Gasteiger charge is -2.21. The van der Waals surface area contributed by atoms with Gasteiger partial charge >= 0.3 is 0 Å². The van der Waals surface area contributed by atoms with E-state index in [0.29, 0.717) is 0 Å². The van der Waals surface area contributed by atoms with Crippen LogP contribution in [0.15, 0.2) is 0 Å². The number of hydrogen-bond donors (Lipinski definition) is 1. The van der Waals surface area contributed by atoms with E-state index in [1.165, 1.54) is 0 Å². The average Bonchev–Trinajstić information content (AvgIpc) is 1.95. The van der Waals surface area contributed by atoms with Crippen LogP contribution in [0, 0.1) is 5.92 Å².